The fourth-order valence-electron chi connectivity index (χ4n) is 1.92. The normalized spacial score (nSPS) is 11.7. The summed E-state index contributed by atoms with van der Waals surface area (Å²) in [7, 11) is 1.99. The zero-order valence-corrected chi connectivity index (χ0v) is 10.2. The van der Waals surface area contributed by atoms with E-state index < -0.39 is 0 Å². The molecule has 2 nitrogen and oxygen atoms in total. The largest absolute Gasteiger partial charge is 0.362 e. The summed E-state index contributed by atoms with van der Waals surface area (Å²) in [6.45, 7) is 13.7. The molecule has 0 amide bonds. The number of hydrogen-bond donors (Lipinski definition) is 0. The molecule has 1 aromatic heterocycles. The quantitative estimate of drug-likeness (QED) is 0.583. The van der Waals surface area contributed by atoms with E-state index in [0.717, 1.165) is 16.6 Å². The number of fused-ring (bicyclic) bond motifs is 1. The predicted octanol–water partition coefficient (Wildman–Crippen LogP) is 4.03. The number of nitrogens with zero attached hydrogens (tertiary/aromatic N) is 2. The van der Waals surface area contributed by atoms with Crippen molar-refractivity contribution in [3.8, 4) is 0 Å². The molecule has 0 N–H and O–H groups in total. The molecule has 2 aromatic rings. The Hall–Kier alpha value is -1.75. The molecule has 0 spiro atoms. The molecule has 2 heteroatoms. The first-order valence-corrected chi connectivity index (χ1v) is 5.40. The van der Waals surface area contributed by atoms with Crippen molar-refractivity contribution in [3.05, 3.63) is 41.4 Å². The Morgan fingerprint density at radius 3 is 2.50 bits per heavy atom. The summed E-state index contributed by atoms with van der Waals surface area (Å²) in [4.78, 5) is 3.54. The van der Waals surface area contributed by atoms with Gasteiger partial charge < -0.3 is 4.57 Å². The first-order chi connectivity index (χ1) is 7.43. The molecule has 0 unspecified atom stereocenters. The Kier molecular flexibility index (Phi) is 2.27. The van der Waals surface area contributed by atoms with Gasteiger partial charge in [0.2, 0.25) is 5.69 Å². The fraction of sp³-hybridized carbons (Fsp3) is 0.357. The van der Waals surface area contributed by atoms with Crippen LogP contribution in [-0.2, 0) is 12.5 Å². The maximum absolute atomic E-state index is 7.13. The van der Waals surface area contributed by atoms with Crippen LogP contribution in [0.2, 0.25) is 0 Å². The molecule has 0 saturated heterocycles. The first kappa shape index (κ1) is 10.8. The van der Waals surface area contributed by atoms with E-state index in [1.165, 1.54) is 5.56 Å². The van der Waals surface area contributed by atoms with E-state index in [1.54, 1.807) is 0 Å². The molecule has 0 atom stereocenters. The van der Waals surface area contributed by atoms with Gasteiger partial charge in [-0.05, 0) is 17.0 Å². The van der Waals surface area contributed by atoms with Gasteiger partial charge >= 0.3 is 0 Å². The van der Waals surface area contributed by atoms with E-state index in [-0.39, 0.29) is 5.41 Å². The highest BCUT2D eigenvalue weighted by atomic mass is 14.9. The lowest BCUT2D eigenvalue weighted by Crippen LogP contribution is -2.10. The molecule has 0 radical (unpaired) electrons. The van der Waals surface area contributed by atoms with E-state index in [9.17, 15) is 0 Å². The van der Waals surface area contributed by atoms with Crippen LogP contribution in [0.3, 0.4) is 0 Å². The SMILES string of the molecule is [C-]#[N+]c1cn(C)c2cc(C(C)(C)C)ccc12. The van der Waals surface area contributed by atoms with Gasteiger partial charge in [-0.25, -0.2) is 4.85 Å². The van der Waals surface area contributed by atoms with Gasteiger partial charge in [-0.3, -0.25) is 0 Å². The van der Waals surface area contributed by atoms with Crippen LogP contribution in [0, 0.1) is 6.57 Å². The number of rotatable bonds is 0. The average molecular weight is 212 g/mol. The van der Waals surface area contributed by atoms with Gasteiger partial charge in [0.1, 0.15) is 0 Å². The Balaban J connectivity index is 2.74. The molecular weight excluding hydrogens is 196 g/mol. The molecule has 0 aliphatic rings. The number of benzene rings is 1. The maximum Gasteiger partial charge on any atom is 0.212 e. The van der Waals surface area contributed by atoms with Crippen LogP contribution < -0.4 is 0 Å². The van der Waals surface area contributed by atoms with E-state index >= 15 is 0 Å². The molecule has 1 aromatic carbocycles. The van der Waals surface area contributed by atoms with Gasteiger partial charge in [0.05, 0.1) is 6.57 Å². The van der Waals surface area contributed by atoms with Crippen molar-refractivity contribution >= 4 is 16.6 Å². The first-order valence-electron chi connectivity index (χ1n) is 5.40. The molecule has 1 heterocycles. The minimum Gasteiger partial charge on any atom is -0.362 e. The average Bonchev–Trinajstić information content (AvgIpc) is 2.54. The number of aromatic nitrogens is 1. The van der Waals surface area contributed by atoms with E-state index in [4.69, 9.17) is 6.57 Å². The third kappa shape index (κ3) is 1.59. The van der Waals surface area contributed by atoms with Crippen molar-refractivity contribution in [2.45, 2.75) is 26.2 Å². The third-order valence-corrected chi connectivity index (χ3v) is 2.96. The highest BCUT2D eigenvalue weighted by molar-refractivity contribution is 5.93. The van der Waals surface area contributed by atoms with Gasteiger partial charge in [0.25, 0.3) is 0 Å². The lowest BCUT2D eigenvalue weighted by molar-refractivity contribution is 0.591. The molecule has 16 heavy (non-hydrogen) atoms. The molecule has 0 aliphatic carbocycles. The molecule has 0 fully saturated rings. The van der Waals surface area contributed by atoms with Crippen LogP contribution in [0.25, 0.3) is 15.7 Å². The van der Waals surface area contributed by atoms with Crippen LogP contribution >= 0.6 is 0 Å². The standard InChI is InChI=1S/C14H16N2/c1-14(2,3)10-6-7-11-12(15-4)9-16(5)13(11)8-10/h6-9H,1-3,5H3. The van der Waals surface area contributed by atoms with Gasteiger partial charge in [0.15, 0.2) is 0 Å². The zero-order chi connectivity index (χ0) is 11.9. The van der Waals surface area contributed by atoms with Gasteiger partial charge in [-0.1, -0.05) is 32.9 Å². The monoisotopic (exact) mass is 212 g/mol. The topological polar surface area (TPSA) is 9.29 Å². The van der Waals surface area contributed by atoms with E-state index in [1.807, 2.05) is 17.8 Å². The predicted molar refractivity (Wildman–Crippen MR) is 67.9 cm³/mol. The van der Waals surface area contributed by atoms with Crippen molar-refractivity contribution in [1.82, 2.24) is 4.57 Å². The second-order valence-electron chi connectivity index (χ2n) is 5.22. The molecule has 0 bridgehead atoms. The van der Waals surface area contributed by atoms with Gasteiger partial charge in [0, 0.05) is 24.1 Å². The summed E-state index contributed by atoms with van der Waals surface area (Å²) in [5.41, 5.74) is 3.32. The maximum atomic E-state index is 7.13. The third-order valence-electron chi connectivity index (χ3n) is 2.96. The lowest BCUT2D eigenvalue weighted by atomic mass is 9.87. The van der Waals surface area contributed by atoms with Crippen LogP contribution in [-0.4, -0.2) is 4.57 Å². The van der Waals surface area contributed by atoms with Crippen molar-refractivity contribution in [2.24, 2.45) is 7.05 Å². The van der Waals surface area contributed by atoms with E-state index in [2.05, 4.69) is 43.8 Å². The van der Waals surface area contributed by atoms with Crippen molar-refractivity contribution in [3.63, 3.8) is 0 Å². The van der Waals surface area contributed by atoms with E-state index in [0.29, 0.717) is 0 Å². The highest BCUT2D eigenvalue weighted by Crippen LogP contribution is 2.31. The molecular formula is C14H16N2. The van der Waals surface area contributed by atoms with Crippen LogP contribution in [0.4, 0.5) is 5.69 Å². The van der Waals surface area contributed by atoms with Crippen molar-refractivity contribution < 1.29 is 0 Å². The van der Waals surface area contributed by atoms with Crippen molar-refractivity contribution in [1.29, 1.82) is 0 Å². The highest BCUT2D eigenvalue weighted by Gasteiger charge is 2.15. The molecule has 0 aliphatic heterocycles. The van der Waals surface area contributed by atoms with Crippen LogP contribution in [0.5, 0.6) is 0 Å². The molecule has 82 valence electrons. The minimum atomic E-state index is 0.150. The summed E-state index contributed by atoms with van der Waals surface area (Å²) in [5.74, 6) is 0. The summed E-state index contributed by atoms with van der Waals surface area (Å²) < 4.78 is 2.03. The lowest BCUT2D eigenvalue weighted by Gasteiger charge is -2.19. The molecule has 2 rings (SSSR count). The van der Waals surface area contributed by atoms with Gasteiger partial charge in [-0.15, -0.1) is 0 Å². The smallest absolute Gasteiger partial charge is 0.212 e. The second-order valence-corrected chi connectivity index (χ2v) is 5.22. The van der Waals surface area contributed by atoms with Gasteiger partial charge in [-0.2, -0.15) is 0 Å². The molecule has 0 saturated carbocycles. The Bertz CT molecular complexity index is 577. The Morgan fingerprint density at radius 2 is 1.94 bits per heavy atom. The number of hydrogen-bond acceptors (Lipinski definition) is 0. The van der Waals surface area contributed by atoms with Crippen molar-refractivity contribution in [2.75, 3.05) is 0 Å². The number of aryl methyl sites for hydroxylation is 1. The zero-order valence-electron chi connectivity index (χ0n) is 10.2. The fourth-order valence-corrected chi connectivity index (χ4v) is 1.92. The summed E-state index contributed by atoms with van der Waals surface area (Å²) in [6.07, 6.45) is 1.89. The Morgan fingerprint density at radius 1 is 1.25 bits per heavy atom. The Labute approximate surface area is 96.3 Å². The summed E-state index contributed by atoms with van der Waals surface area (Å²) >= 11 is 0. The second kappa shape index (κ2) is 3.38. The summed E-state index contributed by atoms with van der Waals surface area (Å²) in [5, 5.41) is 1.05. The summed E-state index contributed by atoms with van der Waals surface area (Å²) in [6, 6.07) is 6.37. The minimum absolute atomic E-state index is 0.150. The van der Waals surface area contributed by atoms with Crippen LogP contribution in [0.15, 0.2) is 24.4 Å². The van der Waals surface area contributed by atoms with Crippen LogP contribution in [0.1, 0.15) is 26.3 Å².